The molecule has 0 fully saturated rings. The van der Waals surface area contributed by atoms with Crippen LogP contribution in [0.1, 0.15) is 31.7 Å². The number of carboxylic acid groups (broad SMARTS) is 1. The Morgan fingerprint density at radius 3 is 2.47 bits per heavy atom. The number of benzene rings is 1. The molecule has 104 valence electrons. The number of ether oxygens (including phenoxy) is 1. The zero-order valence-corrected chi connectivity index (χ0v) is 11.6. The molecule has 0 aliphatic carbocycles. The Kier molecular flexibility index (Phi) is 4.92. The highest BCUT2D eigenvalue weighted by Gasteiger charge is 2.18. The van der Waals surface area contributed by atoms with E-state index in [0.29, 0.717) is 17.4 Å². The van der Waals surface area contributed by atoms with Crippen LogP contribution >= 0.6 is 0 Å². The van der Waals surface area contributed by atoms with E-state index in [9.17, 15) is 9.59 Å². The predicted octanol–water partition coefficient (Wildman–Crippen LogP) is 2.26. The van der Waals surface area contributed by atoms with Gasteiger partial charge in [0.05, 0.1) is 12.8 Å². The number of rotatable bonds is 5. The average molecular weight is 265 g/mol. The van der Waals surface area contributed by atoms with Gasteiger partial charge < -0.3 is 14.7 Å². The second-order valence-corrected chi connectivity index (χ2v) is 4.61. The Balaban J connectivity index is 3.06. The summed E-state index contributed by atoms with van der Waals surface area (Å²) in [5, 5.41) is 8.64. The molecular weight excluding hydrogens is 246 g/mol. The summed E-state index contributed by atoms with van der Waals surface area (Å²) in [6.07, 6.45) is -0.536. The first kappa shape index (κ1) is 15.0. The van der Waals surface area contributed by atoms with Gasteiger partial charge in [0, 0.05) is 7.05 Å². The van der Waals surface area contributed by atoms with E-state index in [1.165, 1.54) is 19.1 Å². The van der Waals surface area contributed by atoms with Gasteiger partial charge in [-0.2, -0.15) is 0 Å². The Morgan fingerprint density at radius 2 is 2.00 bits per heavy atom. The van der Waals surface area contributed by atoms with Crippen molar-refractivity contribution in [3.8, 4) is 5.75 Å². The SMILES string of the molecule is COc1cc(C(C)C)ccc1N(C)C(=O)CC(=O)O. The highest BCUT2D eigenvalue weighted by molar-refractivity contribution is 6.03. The molecule has 0 saturated carbocycles. The maximum atomic E-state index is 11.7. The molecule has 0 aromatic heterocycles. The topological polar surface area (TPSA) is 66.8 Å². The van der Waals surface area contributed by atoms with Crippen LogP contribution in [0.5, 0.6) is 5.75 Å². The third-order valence-corrected chi connectivity index (χ3v) is 2.91. The minimum atomic E-state index is -1.14. The number of amides is 1. The second kappa shape index (κ2) is 6.22. The molecule has 0 unspecified atom stereocenters. The molecule has 5 heteroatoms. The molecule has 1 amide bonds. The minimum Gasteiger partial charge on any atom is -0.495 e. The summed E-state index contributed by atoms with van der Waals surface area (Å²) in [7, 11) is 3.07. The van der Waals surface area contributed by atoms with E-state index < -0.39 is 18.3 Å². The van der Waals surface area contributed by atoms with Gasteiger partial charge in [-0.3, -0.25) is 9.59 Å². The normalized spacial score (nSPS) is 10.4. The Hall–Kier alpha value is -2.04. The number of methoxy groups -OCH3 is 1. The van der Waals surface area contributed by atoms with Crippen LogP contribution in [0.15, 0.2) is 18.2 Å². The molecule has 5 nitrogen and oxygen atoms in total. The van der Waals surface area contributed by atoms with Gasteiger partial charge in [0.1, 0.15) is 12.2 Å². The first-order chi connectivity index (χ1) is 8.86. The van der Waals surface area contributed by atoms with Crippen molar-refractivity contribution >= 4 is 17.6 Å². The van der Waals surface area contributed by atoms with Crippen LogP contribution < -0.4 is 9.64 Å². The molecule has 1 rings (SSSR count). The summed E-state index contributed by atoms with van der Waals surface area (Å²) < 4.78 is 5.27. The molecular formula is C14H19NO4. The van der Waals surface area contributed by atoms with Crippen molar-refractivity contribution in [2.45, 2.75) is 26.2 Å². The number of anilines is 1. The van der Waals surface area contributed by atoms with E-state index in [-0.39, 0.29) is 0 Å². The summed E-state index contributed by atoms with van der Waals surface area (Å²) in [5.41, 5.74) is 1.66. The molecule has 0 aliphatic rings. The molecule has 0 saturated heterocycles. The van der Waals surface area contributed by atoms with E-state index in [1.54, 1.807) is 6.07 Å². The van der Waals surface area contributed by atoms with Crippen molar-refractivity contribution in [3.05, 3.63) is 23.8 Å². The minimum absolute atomic E-state index is 0.350. The van der Waals surface area contributed by atoms with Crippen LogP contribution in [-0.4, -0.2) is 31.1 Å². The van der Waals surface area contributed by atoms with Gasteiger partial charge in [0.15, 0.2) is 0 Å². The lowest BCUT2D eigenvalue weighted by molar-refractivity contribution is -0.140. The largest absolute Gasteiger partial charge is 0.495 e. The molecule has 0 atom stereocenters. The fourth-order valence-electron chi connectivity index (χ4n) is 1.71. The summed E-state index contributed by atoms with van der Waals surface area (Å²) in [4.78, 5) is 23.6. The van der Waals surface area contributed by atoms with Crippen molar-refractivity contribution in [1.29, 1.82) is 0 Å². The maximum Gasteiger partial charge on any atom is 0.312 e. The molecule has 1 aromatic carbocycles. The lowest BCUT2D eigenvalue weighted by Crippen LogP contribution is -2.28. The Labute approximate surface area is 112 Å². The monoisotopic (exact) mass is 265 g/mol. The fraction of sp³-hybridized carbons (Fsp3) is 0.429. The number of aliphatic carboxylic acids is 1. The van der Waals surface area contributed by atoms with Gasteiger partial charge >= 0.3 is 5.97 Å². The number of carbonyl (C=O) groups is 2. The van der Waals surface area contributed by atoms with Crippen LogP contribution in [0.4, 0.5) is 5.69 Å². The van der Waals surface area contributed by atoms with E-state index in [4.69, 9.17) is 9.84 Å². The zero-order chi connectivity index (χ0) is 14.6. The lowest BCUT2D eigenvalue weighted by atomic mass is 10.0. The van der Waals surface area contributed by atoms with Gasteiger partial charge in [-0.25, -0.2) is 0 Å². The van der Waals surface area contributed by atoms with Crippen molar-refractivity contribution in [2.75, 3.05) is 19.1 Å². The Bertz CT molecular complexity index is 482. The van der Waals surface area contributed by atoms with Crippen LogP contribution in [0, 0.1) is 0 Å². The van der Waals surface area contributed by atoms with Crippen molar-refractivity contribution in [3.63, 3.8) is 0 Å². The number of hydrogen-bond acceptors (Lipinski definition) is 3. The van der Waals surface area contributed by atoms with Crippen molar-refractivity contribution in [1.82, 2.24) is 0 Å². The third-order valence-electron chi connectivity index (χ3n) is 2.91. The predicted molar refractivity (Wildman–Crippen MR) is 72.7 cm³/mol. The smallest absolute Gasteiger partial charge is 0.312 e. The van der Waals surface area contributed by atoms with Gasteiger partial charge in [0.2, 0.25) is 5.91 Å². The standard InChI is InChI=1S/C14H19NO4/c1-9(2)10-5-6-11(12(7-10)19-4)15(3)13(16)8-14(17)18/h5-7,9H,8H2,1-4H3,(H,17,18). The van der Waals surface area contributed by atoms with Crippen LogP contribution in [0.25, 0.3) is 0 Å². The van der Waals surface area contributed by atoms with Crippen LogP contribution in [-0.2, 0) is 9.59 Å². The molecule has 1 N–H and O–H groups in total. The zero-order valence-electron chi connectivity index (χ0n) is 11.6. The van der Waals surface area contributed by atoms with E-state index >= 15 is 0 Å². The van der Waals surface area contributed by atoms with Gasteiger partial charge in [0.25, 0.3) is 0 Å². The maximum absolute atomic E-state index is 11.7. The number of carbonyl (C=O) groups excluding carboxylic acids is 1. The quantitative estimate of drug-likeness (QED) is 0.829. The van der Waals surface area contributed by atoms with Gasteiger partial charge in [-0.1, -0.05) is 19.9 Å². The van der Waals surface area contributed by atoms with Crippen LogP contribution in [0.3, 0.4) is 0 Å². The highest BCUT2D eigenvalue weighted by atomic mass is 16.5. The molecule has 0 bridgehead atoms. The summed E-state index contributed by atoms with van der Waals surface area (Å²) in [6, 6.07) is 5.55. The second-order valence-electron chi connectivity index (χ2n) is 4.61. The summed E-state index contributed by atoms with van der Waals surface area (Å²) in [5.74, 6) is -0.715. The molecule has 0 radical (unpaired) electrons. The van der Waals surface area contributed by atoms with E-state index in [1.807, 2.05) is 12.1 Å². The summed E-state index contributed by atoms with van der Waals surface area (Å²) >= 11 is 0. The highest BCUT2D eigenvalue weighted by Crippen LogP contribution is 2.31. The Morgan fingerprint density at radius 1 is 1.37 bits per heavy atom. The lowest BCUT2D eigenvalue weighted by Gasteiger charge is -2.20. The summed E-state index contributed by atoms with van der Waals surface area (Å²) in [6.45, 7) is 4.13. The van der Waals surface area contributed by atoms with E-state index in [2.05, 4.69) is 13.8 Å². The first-order valence-corrected chi connectivity index (χ1v) is 6.03. The van der Waals surface area contributed by atoms with Gasteiger partial charge in [-0.05, 0) is 23.6 Å². The number of carboxylic acids is 1. The van der Waals surface area contributed by atoms with Gasteiger partial charge in [-0.15, -0.1) is 0 Å². The fourth-order valence-corrected chi connectivity index (χ4v) is 1.71. The molecule has 0 aliphatic heterocycles. The first-order valence-electron chi connectivity index (χ1n) is 6.03. The van der Waals surface area contributed by atoms with Crippen molar-refractivity contribution in [2.24, 2.45) is 0 Å². The van der Waals surface area contributed by atoms with E-state index in [0.717, 1.165) is 5.56 Å². The average Bonchev–Trinajstić information content (AvgIpc) is 2.36. The third kappa shape index (κ3) is 3.71. The molecule has 0 heterocycles. The molecule has 1 aromatic rings. The van der Waals surface area contributed by atoms with Crippen LogP contribution in [0.2, 0.25) is 0 Å². The molecule has 19 heavy (non-hydrogen) atoms. The van der Waals surface area contributed by atoms with Crippen molar-refractivity contribution < 1.29 is 19.4 Å². The number of nitrogens with zero attached hydrogens (tertiary/aromatic N) is 1. The molecule has 0 spiro atoms. The number of hydrogen-bond donors (Lipinski definition) is 1.